The van der Waals surface area contributed by atoms with Crippen molar-refractivity contribution in [3.63, 3.8) is 0 Å². The molecule has 6 heteroatoms. The number of hydrogen-bond acceptors (Lipinski definition) is 3. The maximum absolute atomic E-state index is 12.5. The third kappa shape index (κ3) is 4.61. The van der Waals surface area contributed by atoms with Crippen molar-refractivity contribution in [3.05, 3.63) is 82.8 Å². The van der Waals surface area contributed by atoms with Crippen molar-refractivity contribution in [1.82, 2.24) is 0 Å². The Hall–Kier alpha value is -2.31. The van der Waals surface area contributed by atoms with Gasteiger partial charge in [0.2, 0.25) is 0 Å². The van der Waals surface area contributed by atoms with E-state index in [1.807, 2.05) is 43.3 Å². The lowest BCUT2D eigenvalue weighted by atomic mass is 10.2. The van der Waals surface area contributed by atoms with Crippen molar-refractivity contribution in [3.8, 4) is 11.5 Å². The van der Waals surface area contributed by atoms with E-state index in [9.17, 15) is 8.42 Å². The van der Waals surface area contributed by atoms with E-state index in [0.29, 0.717) is 17.2 Å². The lowest BCUT2D eigenvalue weighted by molar-refractivity contribution is 0.482. The molecule has 1 N–H and O–H groups in total. The van der Waals surface area contributed by atoms with Crippen LogP contribution in [0.4, 0.5) is 5.69 Å². The average Bonchev–Trinajstić information content (AvgIpc) is 2.57. The van der Waals surface area contributed by atoms with Gasteiger partial charge in [-0.15, -0.1) is 0 Å². The van der Waals surface area contributed by atoms with Gasteiger partial charge in [-0.2, -0.15) is 0 Å². The number of ether oxygens (including phenoxy) is 1. The fourth-order valence-corrected chi connectivity index (χ4v) is 3.56. The molecule has 25 heavy (non-hydrogen) atoms. The molecule has 0 atom stereocenters. The van der Waals surface area contributed by atoms with Gasteiger partial charge in [0.05, 0.1) is 4.90 Å². The molecule has 0 spiro atoms. The summed E-state index contributed by atoms with van der Waals surface area (Å²) in [6, 6.07) is 20.9. The van der Waals surface area contributed by atoms with Crippen LogP contribution in [0, 0.1) is 6.92 Å². The van der Waals surface area contributed by atoms with Crippen LogP contribution in [0.3, 0.4) is 0 Å². The molecule has 0 bridgehead atoms. The topological polar surface area (TPSA) is 55.4 Å². The molecule has 0 aliphatic heterocycles. The first kappa shape index (κ1) is 17.5. The van der Waals surface area contributed by atoms with Gasteiger partial charge in [0, 0.05) is 10.2 Å². The molecule has 0 heterocycles. The number of rotatable bonds is 5. The predicted octanol–water partition coefficient (Wildman–Crippen LogP) is 5.35. The zero-order chi connectivity index (χ0) is 17.9. The minimum absolute atomic E-state index is 0.178. The number of anilines is 1. The van der Waals surface area contributed by atoms with Crippen LogP contribution in [0.2, 0.25) is 0 Å². The molecule has 0 amide bonds. The Labute approximate surface area is 155 Å². The number of nitrogens with one attached hydrogen (secondary N) is 1. The lowest BCUT2D eigenvalue weighted by Crippen LogP contribution is -2.12. The third-order valence-electron chi connectivity index (χ3n) is 3.45. The molecule has 128 valence electrons. The Bertz CT molecular complexity index is 968. The standard InChI is InChI=1S/C19H16BrNO3S/c1-14-3-2-4-16(13-14)21-25(22,23)19-11-9-18(10-12-19)24-17-7-5-15(20)6-8-17/h2-13,21H,1H3. The number of hydrogen-bond donors (Lipinski definition) is 1. The average molecular weight is 418 g/mol. The Morgan fingerprint density at radius 1 is 0.880 bits per heavy atom. The minimum atomic E-state index is -3.64. The summed E-state index contributed by atoms with van der Waals surface area (Å²) in [5.74, 6) is 1.24. The summed E-state index contributed by atoms with van der Waals surface area (Å²) in [5.41, 5.74) is 1.52. The molecular weight excluding hydrogens is 402 g/mol. The van der Waals surface area contributed by atoms with Crippen LogP contribution < -0.4 is 9.46 Å². The monoisotopic (exact) mass is 417 g/mol. The molecule has 0 fully saturated rings. The molecule has 3 aromatic rings. The minimum Gasteiger partial charge on any atom is -0.457 e. The van der Waals surface area contributed by atoms with Crippen LogP contribution >= 0.6 is 15.9 Å². The van der Waals surface area contributed by atoms with E-state index in [0.717, 1.165) is 10.0 Å². The van der Waals surface area contributed by atoms with Crippen molar-refractivity contribution in [2.24, 2.45) is 0 Å². The highest BCUT2D eigenvalue weighted by molar-refractivity contribution is 9.10. The van der Waals surface area contributed by atoms with Gasteiger partial charge < -0.3 is 4.74 Å². The van der Waals surface area contributed by atoms with E-state index < -0.39 is 10.0 Å². The molecule has 0 unspecified atom stereocenters. The highest BCUT2D eigenvalue weighted by Crippen LogP contribution is 2.25. The third-order valence-corrected chi connectivity index (χ3v) is 5.38. The Kier molecular flexibility index (Phi) is 5.11. The quantitative estimate of drug-likeness (QED) is 0.608. The zero-order valence-corrected chi connectivity index (χ0v) is 15.8. The number of aryl methyl sites for hydroxylation is 1. The fourth-order valence-electron chi connectivity index (χ4n) is 2.25. The largest absolute Gasteiger partial charge is 0.457 e. The van der Waals surface area contributed by atoms with E-state index in [-0.39, 0.29) is 4.90 Å². The molecule has 4 nitrogen and oxygen atoms in total. The van der Waals surface area contributed by atoms with Gasteiger partial charge in [0.15, 0.2) is 0 Å². The van der Waals surface area contributed by atoms with Crippen LogP contribution in [0.15, 0.2) is 82.2 Å². The van der Waals surface area contributed by atoms with E-state index in [1.165, 1.54) is 12.1 Å². The summed E-state index contributed by atoms with van der Waals surface area (Å²) in [6.07, 6.45) is 0. The summed E-state index contributed by atoms with van der Waals surface area (Å²) in [6.45, 7) is 1.91. The Balaban J connectivity index is 1.75. The van der Waals surface area contributed by atoms with Gasteiger partial charge in [0.25, 0.3) is 10.0 Å². The summed E-state index contributed by atoms with van der Waals surface area (Å²) in [7, 11) is -3.64. The highest BCUT2D eigenvalue weighted by Gasteiger charge is 2.14. The van der Waals surface area contributed by atoms with Crippen LogP contribution in [-0.4, -0.2) is 8.42 Å². The molecule has 0 aliphatic carbocycles. The molecular formula is C19H16BrNO3S. The summed E-state index contributed by atoms with van der Waals surface area (Å²) >= 11 is 3.36. The molecule has 0 radical (unpaired) electrons. The second kappa shape index (κ2) is 7.29. The second-order valence-corrected chi connectivity index (χ2v) is 8.10. The first-order valence-electron chi connectivity index (χ1n) is 7.55. The SMILES string of the molecule is Cc1cccc(NS(=O)(=O)c2ccc(Oc3ccc(Br)cc3)cc2)c1. The lowest BCUT2D eigenvalue weighted by Gasteiger charge is -2.10. The van der Waals surface area contributed by atoms with E-state index >= 15 is 0 Å². The van der Waals surface area contributed by atoms with Gasteiger partial charge in [-0.3, -0.25) is 4.72 Å². The fraction of sp³-hybridized carbons (Fsp3) is 0.0526. The molecule has 0 aliphatic rings. The highest BCUT2D eigenvalue weighted by atomic mass is 79.9. The van der Waals surface area contributed by atoms with Crippen LogP contribution in [-0.2, 0) is 10.0 Å². The van der Waals surface area contributed by atoms with Crippen molar-refractivity contribution in [2.75, 3.05) is 4.72 Å². The summed E-state index contributed by atoms with van der Waals surface area (Å²) in [5, 5.41) is 0. The van der Waals surface area contributed by atoms with E-state index in [2.05, 4.69) is 20.7 Å². The number of halogens is 1. The summed E-state index contributed by atoms with van der Waals surface area (Å²) < 4.78 is 34.2. The van der Waals surface area contributed by atoms with Gasteiger partial charge >= 0.3 is 0 Å². The first-order chi connectivity index (χ1) is 11.9. The van der Waals surface area contributed by atoms with E-state index in [4.69, 9.17) is 4.74 Å². The predicted molar refractivity (Wildman–Crippen MR) is 103 cm³/mol. The normalized spacial score (nSPS) is 11.1. The molecule has 0 saturated heterocycles. The number of benzene rings is 3. The Morgan fingerprint density at radius 2 is 1.48 bits per heavy atom. The maximum Gasteiger partial charge on any atom is 0.261 e. The molecule has 3 aromatic carbocycles. The molecule has 0 aromatic heterocycles. The van der Waals surface area contributed by atoms with Gasteiger partial charge in [-0.05, 0) is 73.2 Å². The van der Waals surface area contributed by atoms with Gasteiger partial charge in [-0.1, -0.05) is 28.1 Å². The van der Waals surface area contributed by atoms with Crippen LogP contribution in [0.1, 0.15) is 5.56 Å². The van der Waals surface area contributed by atoms with E-state index in [1.54, 1.807) is 24.3 Å². The second-order valence-electron chi connectivity index (χ2n) is 5.50. The van der Waals surface area contributed by atoms with Crippen molar-refractivity contribution in [2.45, 2.75) is 11.8 Å². The number of sulfonamides is 1. The first-order valence-corrected chi connectivity index (χ1v) is 9.83. The Morgan fingerprint density at radius 3 is 2.08 bits per heavy atom. The van der Waals surface area contributed by atoms with Gasteiger partial charge in [-0.25, -0.2) is 8.42 Å². The van der Waals surface area contributed by atoms with Crippen LogP contribution in [0.5, 0.6) is 11.5 Å². The summed E-state index contributed by atoms with van der Waals surface area (Å²) in [4.78, 5) is 0.178. The van der Waals surface area contributed by atoms with Crippen molar-refractivity contribution < 1.29 is 13.2 Å². The zero-order valence-electron chi connectivity index (χ0n) is 13.4. The maximum atomic E-state index is 12.5. The van der Waals surface area contributed by atoms with Gasteiger partial charge in [0.1, 0.15) is 11.5 Å². The van der Waals surface area contributed by atoms with Crippen molar-refractivity contribution in [1.29, 1.82) is 0 Å². The van der Waals surface area contributed by atoms with Crippen molar-refractivity contribution >= 4 is 31.6 Å². The molecule has 0 saturated carbocycles. The smallest absolute Gasteiger partial charge is 0.261 e. The van der Waals surface area contributed by atoms with Crippen LogP contribution in [0.25, 0.3) is 0 Å². The molecule has 3 rings (SSSR count).